The van der Waals surface area contributed by atoms with Crippen molar-refractivity contribution in [1.82, 2.24) is 9.88 Å². The van der Waals surface area contributed by atoms with E-state index in [4.69, 9.17) is 5.73 Å². The van der Waals surface area contributed by atoms with E-state index in [0.717, 1.165) is 17.9 Å². The van der Waals surface area contributed by atoms with Crippen molar-refractivity contribution in [2.75, 3.05) is 12.8 Å². The normalized spacial score (nSPS) is 12.9. The molecule has 2 N–H and O–H groups in total. The van der Waals surface area contributed by atoms with Crippen molar-refractivity contribution in [1.29, 1.82) is 0 Å². The Bertz CT molecular complexity index is 543. The summed E-state index contributed by atoms with van der Waals surface area (Å²) in [5.74, 6) is 0. The van der Waals surface area contributed by atoms with Crippen molar-refractivity contribution >= 4 is 17.0 Å². The summed E-state index contributed by atoms with van der Waals surface area (Å²) in [7, 11) is 2.12. The van der Waals surface area contributed by atoms with Gasteiger partial charge in [-0.2, -0.15) is 0 Å². The number of rotatable bonds is 4. The summed E-state index contributed by atoms with van der Waals surface area (Å²) in [6, 6.07) is 8.42. The van der Waals surface area contributed by atoms with Gasteiger partial charge in [0, 0.05) is 16.6 Å². The Kier molecular flexibility index (Phi) is 4.22. The summed E-state index contributed by atoms with van der Waals surface area (Å²) in [6.45, 7) is 7.26. The minimum atomic E-state index is 0.327. The third-order valence-corrected chi connectivity index (χ3v) is 4.57. The third kappa shape index (κ3) is 3.33. The van der Waals surface area contributed by atoms with Crippen LogP contribution in [0.4, 0.5) is 5.69 Å². The lowest BCUT2D eigenvalue weighted by molar-refractivity contribution is 0.253. The topological polar surface area (TPSA) is 42.2 Å². The standard InChI is InChI=1S/C15H21N3S/c1-10-12(3)19-15(17-10)9-18(4)11(2)13-6-5-7-14(16)8-13/h5-8,11H,9,16H2,1-4H3. The molecule has 0 spiro atoms. The zero-order chi connectivity index (χ0) is 14.0. The van der Waals surface area contributed by atoms with Crippen LogP contribution in [0.2, 0.25) is 0 Å². The third-order valence-electron chi connectivity index (χ3n) is 3.51. The molecule has 0 saturated carbocycles. The van der Waals surface area contributed by atoms with Gasteiger partial charge in [-0.25, -0.2) is 4.98 Å². The van der Waals surface area contributed by atoms with Gasteiger partial charge in [0.05, 0.1) is 12.2 Å². The Labute approximate surface area is 119 Å². The summed E-state index contributed by atoms with van der Waals surface area (Å²) < 4.78 is 0. The van der Waals surface area contributed by atoms with E-state index in [1.54, 1.807) is 11.3 Å². The van der Waals surface area contributed by atoms with Crippen LogP contribution in [0.3, 0.4) is 0 Å². The van der Waals surface area contributed by atoms with Gasteiger partial charge in [0.15, 0.2) is 0 Å². The first-order valence-electron chi connectivity index (χ1n) is 6.46. The van der Waals surface area contributed by atoms with Crippen LogP contribution in [0.25, 0.3) is 0 Å². The number of nitrogens with zero attached hydrogens (tertiary/aromatic N) is 2. The number of hydrogen-bond donors (Lipinski definition) is 1. The van der Waals surface area contributed by atoms with Crippen molar-refractivity contribution in [2.45, 2.75) is 33.4 Å². The molecule has 4 heteroatoms. The lowest BCUT2D eigenvalue weighted by Gasteiger charge is -2.24. The zero-order valence-electron chi connectivity index (χ0n) is 12.0. The molecule has 0 fully saturated rings. The summed E-state index contributed by atoms with van der Waals surface area (Å²) in [6.07, 6.45) is 0. The lowest BCUT2D eigenvalue weighted by atomic mass is 10.1. The molecule has 0 aliphatic heterocycles. The summed E-state index contributed by atoms with van der Waals surface area (Å²) in [4.78, 5) is 8.20. The summed E-state index contributed by atoms with van der Waals surface area (Å²) >= 11 is 1.78. The fraction of sp³-hybridized carbons (Fsp3) is 0.400. The Morgan fingerprint density at radius 2 is 2.11 bits per heavy atom. The fourth-order valence-corrected chi connectivity index (χ4v) is 3.03. The molecule has 0 aliphatic rings. The van der Waals surface area contributed by atoms with Crippen LogP contribution in [-0.2, 0) is 6.54 Å². The number of thiazole rings is 1. The smallest absolute Gasteiger partial charge is 0.107 e. The van der Waals surface area contributed by atoms with Crippen molar-refractivity contribution in [3.05, 3.63) is 45.4 Å². The lowest BCUT2D eigenvalue weighted by Crippen LogP contribution is -2.21. The Morgan fingerprint density at radius 3 is 2.68 bits per heavy atom. The SMILES string of the molecule is Cc1nc(CN(C)C(C)c2cccc(N)c2)sc1C. The van der Waals surface area contributed by atoms with E-state index in [1.165, 1.54) is 15.4 Å². The van der Waals surface area contributed by atoms with Crippen LogP contribution >= 0.6 is 11.3 Å². The van der Waals surface area contributed by atoms with Crippen LogP contribution < -0.4 is 5.73 Å². The highest BCUT2D eigenvalue weighted by Crippen LogP contribution is 2.24. The van der Waals surface area contributed by atoms with Crippen molar-refractivity contribution in [2.24, 2.45) is 0 Å². The van der Waals surface area contributed by atoms with E-state index < -0.39 is 0 Å². The summed E-state index contributed by atoms with van der Waals surface area (Å²) in [5, 5.41) is 1.17. The Hall–Kier alpha value is -1.39. The summed E-state index contributed by atoms with van der Waals surface area (Å²) in [5.41, 5.74) is 9.05. The molecule has 0 amide bonds. The number of hydrogen-bond acceptors (Lipinski definition) is 4. The van der Waals surface area contributed by atoms with Crippen LogP contribution in [0.1, 0.15) is 34.1 Å². The second kappa shape index (κ2) is 5.72. The first-order valence-corrected chi connectivity index (χ1v) is 7.27. The van der Waals surface area contributed by atoms with E-state index in [1.807, 2.05) is 18.2 Å². The van der Waals surface area contributed by atoms with Gasteiger partial charge in [-0.1, -0.05) is 12.1 Å². The van der Waals surface area contributed by atoms with E-state index in [2.05, 4.69) is 43.8 Å². The number of anilines is 1. The molecule has 0 saturated heterocycles. The maximum Gasteiger partial charge on any atom is 0.107 e. The number of aromatic nitrogens is 1. The van der Waals surface area contributed by atoms with E-state index in [9.17, 15) is 0 Å². The van der Waals surface area contributed by atoms with Gasteiger partial charge >= 0.3 is 0 Å². The van der Waals surface area contributed by atoms with Crippen molar-refractivity contribution in [3.8, 4) is 0 Å². The molecule has 1 unspecified atom stereocenters. The molecule has 1 atom stereocenters. The molecule has 2 aromatic rings. The maximum atomic E-state index is 5.84. The highest BCUT2D eigenvalue weighted by molar-refractivity contribution is 7.11. The van der Waals surface area contributed by atoms with Gasteiger partial charge in [-0.15, -0.1) is 11.3 Å². The number of benzene rings is 1. The second-order valence-corrected chi connectivity index (χ2v) is 6.30. The minimum absolute atomic E-state index is 0.327. The first kappa shape index (κ1) is 14.0. The predicted octanol–water partition coefficient (Wildman–Crippen LogP) is 3.54. The number of nitrogen functional groups attached to an aromatic ring is 1. The molecule has 0 bridgehead atoms. The van der Waals surface area contributed by atoms with Gasteiger partial charge in [0.2, 0.25) is 0 Å². The van der Waals surface area contributed by atoms with Gasteiger partial charge in [-0.3, -0.25) is 4.90 Å². The molecule has 1 aromatic heterocycles. The van der Waals surface area contributed by atoms with Crippen molar-refractivity contribution in [3.63, 3.8) is 0 Å². The number of nitrogens with two attached hydrogens (primary N) is 1. The quantitative estimate of drug-likeness (QED) is 0.868. The highest BCUT2D eigenvalue weighted by Gasteiger charge is 2.14. The van der Waals surface area contributed by atoms with Crippen LogP contribution in [0.15, 0.2) is 24.3 Å². The molecular formula is C15H21N3S. The maximum absolute atomic E-state index is 5.84. The molecule has 1 heterocycles. The van der Waals surface area contributed by atoms with E-state index >= 15 is 0 Å². The predicted molar refractivity (Wildman–Crippen MR) is 82.3 cm³/mol. The highest BCUT2D eigenvalue weighted by atomic mass is 32.1. The molecule has 0 radical (unpaired) electrons. The van der Waals surface area contributed by atoms with Crippen LogP contribution in [0, 0.1) is 13.8 Å². The second-order valence-electron chi connectivity index (χ2n) is 5.01. The molecule has 19 heavy (non-hydrogen) atoms. The van der Waals surface area contributed by atoms with E-state index in [-0.39, 0.29) is 0 Å². The first-order chi connectivity index (χ1) is 8.97. The van der Waals surface area contributed by atoms with Gasteiger partial charge < -0.3 is 5.73 Å². The van der Waals surface area contributed by atoms with Gasteiger partial charge in [0.1, 0.15) is 5.01 Å². The van der Waals surface area contributed by atoms with Gasteiger partial charge in [-0.05, 0) is 45.5 Å². The molecular weight excluding hydrogens is 254 g/mol. The van der Waals surface area contributed by atoms with Crippen LogP contribution in [0.5, 0.6) is 0 Å². The van der Waals surface area contributed by atoms with Crippen LogP contribution in [-0.4, -0.2) is 16.9 Å². The monoisotopic (exact) mass is 275 g/mol. The molecule has 2 rings (SSSR count). The number of aryl methyl sites for hydroxylation is 2. The molecule has 0 aliphatic carbocycles. The average molecular weight is 275 g/mol. The zero-order valence-corrected chi connectivity index (χ0v) is 12.8. The molecule has 102 valence electrons. The fourth-order valence-electron chi connectivity index (χ4n) is 2.03. The van der Waals surface area contributed by atoms with Crippen molar-refractivity contribution < 1.29 is 0 Å². The van der Waals surface area contributed by atoms with Gasteiger partial charge in [0.25, 0.3) is 0 Å². The Morgan fingerprint density at radius 1 is 1.37 bits per heavy atom. The molecule has 3 nitrogen and oxygen atoms in total. The van der Waals surface area contributed by atoms with E-state index in [0.29, 0.717) is 6.04 Å². The molecule has 1 aromatic carbocycles. The largest absolute Gasteiger partial charge is 0.399 e. The Balaban J connectivity index is 2.09. The average Bonchev–Trinajstić information content (AvgIpc) is 2.67. The minimum Gasteiger partial charge on any atom is -0.399 e.